The largest absolute Gasteiger partial charge is 0.448 e. The lowest BCUT2D eigenvalue weighted by Crippen LogP contribution is -2.57. The molecule has 0 aromatic rings. The molecule has 0 aliphatic carbocycles. The Morgan fingerprint density at radius 1 is 1.33 bits per heavy atom. The molecule has 6 heteroatoms. The summed E-state index contributed by atoms with van der Waals surface area (Å²) in [6, 6.07) is 0.103. The van der Waals surface area contributed by atoms with Gasteiger partial charge in [-0.15, -0.1) is 0 Å². The Kier molecular flexibility index (Phi) is 4.08. The molecular weight excluding hydrogens is 272 g/mol. The van der Waals surface area contributed by atoms with Crippen LogP contribution in [0.15, 0.2) is 0 Å². The number of nitrogens with zero attached hydrogens (tertiary/aromatic N) is 2. The van der Waals surface area contributed by atoms with Crippen molar-refractivity contribution in [2.24, 2.45) is 5.41 Å². The van der Waals surface area contributed by atoms with Crippen LogP contribution in [0.3, 0.4) is 0 Å². The van der Waals surface area contributed by atoms with E-state index in [9.17, 15) is 9.59 Å². The summed E-state index contributed by atoms with van der Waals surface area (Å²) < 4.78 is 10.5. The van der Waals surface area contributed by atoms with Crippen molar-refractivity contribution in [1.82, 2.24) is 9.80 Å². The van der Waals surface area contributed by atoms with Crippen LogP contribution in [-0.4, -0.2) is 59.9 Å². The van der Waals surface area contributed by atoms with E-state index in [0.29, 0.717) is 26.2 Å². The number of hydrogen-bond acceptors (Lipinski definition) is 4. The second-order valence-corrected chi connectivity index (χ2v) is 7.50. The first-order chi connectivity index (χ1) is 9.60. The molecule has 0 N–H and O–H groups in total. The van der Waals surface area contributed by atoms with Crippen molar-refractivity contribution in [2.45, 2.75) is 52.7 Å². The first-order valence-corrected chi connectivity index (χ1v) is 7.51. The van der Waals surface area contributed by atoms with Gasteiger partial charge in [0, 0.05) is 24.5 Å². The monoisotopic (exact) mass is 298 g/mol. The Bertz CT molecular complexity index is 428. The van der Waals surface area contributed by atoms with E-state index in [2.05, 4.69) is 13.8 Å². The van der Waals surface area contributed by atoms with E-state index in [1.165, 1.54) is 0 Å². The Morgan fingerprint density at radius 3 is 2.48 bits per heavy atom. The zero-order valence-corrected chi connectivity index (χ0v) is 13.6. The molecule has 2 rings (SSSR count). The summed E-state index contributed by atoms with van der Waals surface area (Å²) in [4.78, 5) is 27.5. The fraction of sp³-hybridized carbons (Fsp3) is 0.867. The van der Waals surface area contributed by atoms with Gasteiger partial charge in [-0.05, 0) is 27.2 Å². The Hall–Kier alpha value is -1.46. The summed E-state index contributed by atoms with van der Waals surface area (Å²) in [5, 5.41) is 0. The fourth-order valence-corrected chi connectivity index (χ4v) is 3.09. The summed E-state index contributed by atoms with van der Waals surface area (Å²) >= 11 is 0. The van der Waals surface area contributed by atoms with Crippen LogP contribution >= 0.6 is 0 Å². The molecule has 2 aliphatic heterocycles. The summed E-state index contributed by atoms with van der Waals surface area (Å²) in [5.74, 6) is 0. The van der Waals surface area contributed by atoms with Gasteiger partial charge in [0.25, 0.3) is 0 Å². The van der Waals surface area contributed by atoms with Crippen LogP contribution in [-0.2, 0) is 9.47 Å². The van der Waals surface area contributed by atoms with Crippen molar-refractivity contribution in [3.8, 4) is 0 Å². The van der Waals surface area contributed by atoms with E-state index in [1.807, 2.05) is 20.8 Å². The van der Waals surface area contributed by atoms with Crippen molar-refractivity contribution >= 4 is 12.2 Å². The maximum Gasteiger partial charge on any atom is 0.410 e. The Balaban J connectivity index is 2.02. The van der Waals surface area contributed by atoms with Crippen LogP contribution in [0.25, 0.3) is 0 Å². The number of amides is 2. The van der Waals surface area contributed by atoms with Gasteiger partial charge in [-0.1, -0.05) is 13.8 Å². The molecule has 2 saturated heterocycles. The molecule has 2 amide bonds. The standard InChI is InChI=1S/C15H26N2O4/c1-14(2,3)21-12(18)16-7-6-11(15(4,5)10-16)17-8-9-20-13(17)19/h11H,6-10H2,1-5H3. The van der Waals surface area contributed by atoms with E-state index in [4.69, 9.17) is 9.47 Å². The average molecular weight is 298 g/mol. The van der Waals surface area contributed by atoms with Gasteiger partial charge in [-0.3, -0.25) is 0 Å². The van der Waals surface area contributed by atoms with Gasteiger partial charge >= 0.3 is 12.2 Å². The first kappa shape index (κ1) is 15.9. The molecule has 0 aromatic heterocycles. The van der Waals surface area contributed by atoms with Gasteiger partial charge in [0.15, 0.2) is 0 Å². The highest BCUT2D eigenvalue weighted by Crippen LogP contribution is 2.35. The number of piperidine rings is 1. The summed E-state index contributed by atoms with van der Waals surface area (Å²) in [7, 11) is 0. The molecule has 0 spiro atoms. The summed E-state index contributed by atoms with van der Waals surface area (Å²) in [5.41, 5.74) is -0.671. The molecule has 6 nitrogen and oxygen atoms in total. The molecular formula is C15H26N2O4. The highest BCUT2D eigenvalue weighted by atomic mass is 16.6. The third kappa shape index (κ3) is 3.60. The zero-order valence-electron chi connectivity index (χ0n) is 13.6. The topological polar surface area (TPSA) is 59.1 Å². The lowest BCUT2D eigenvalue weighted by Gasteiger charge is -2.46. The molecule has 1 atom stereocenters. The number of cyclic esters (lactones) is 1. The minimum Gasteiger partial charge on any atom is -0.448 e. The second-order valence-electron chi connectivity index (χ2n) is 7.50. The molecule has 1 unspecified atom stereocenters. The number of ether oxygens (including phenoxy) is 2. The van der Waals surface area contributed by atoms with Gasteiger partial charge < -0.3 is 19.3 Å². The van der Waals surface area contributed by atoms with Crippen LogP contribution in [0.1, 0.15) is 41.0 Å². The quantitative estimate of drug-likeness (QED) is 0.746. The van der Waals surface area contributed by atoms with E-state index < -0.39 is 5.60 Å². The van der Waals surface area contributed by atoms with E-state index in [1.54, 1.807) is 9.80 Å². The van der Waals surface area contributed by atoms with Crippen LogP contribution in [0.4, 0.5) is 9.59 Å². The van der Waals surface area contributed by atoms with Gasteiger partial charge in [-0.2, -0.15) is 0 Å². The zero-order chi connectivity index (χ0) is 15.8. The van der Waals surface area contributed by atoms with Crippen molar-refractivity contribution in [2.75, 3.05) is 26.2 Å². The molecule has 0 saturated carbocycles. The van der Waals surface area contributed by atoms with Crippen molar-refractivity contribution < 1.29 is 19.1 Å². The molecule has 0 bridgehead atoms. The smallest absolute Gasteiger partial charge is 0.410 e. The van der Waals surface area contributed by atoms with Crippen LogP contribution in [0.5, 0.6) is 0 Å². The number of carbonyl (C=O) groups excluding carboxylic acids is 2. The normalized spacial score (nSPS) is 25.8. The van der Waals surface area contributed by atoms with Gasteiger partial charge in [0.2, 0.25) is 0 Å². The predicted molar refractivity (Wildman–Crippen MR) is 78.0 cm³/mol. The molecule has 0 aromatic carbocycles. The SMILES string of the molecule is CC(C)(C)OC(=O)N1CCC(N2CCOC2=O)C(C)(C)C1. The van der Waals surface area contributed by atoms with Crippen LogP contribution < -0.4 is 0 Å². The van der Waals surface area contributed by atoms with E-state index in [0.717, 1.165) is 6.42 Å². The maximum absolute atomic E-state index is 12.2. The Morgan fingerprint density at radius 2 is 2.00 bits per heavy atom. The van der Waals surface area contributed by atoms with Gasteiger partial charge in [0.05, 0.1) is 6.54 Å². The molecule has 2 heterocycles. The summed E-state index contributed by atoms with van der Waals surface area (Å²) in [6.45, 7) is 12.0. The average Bonchev–Trinajstić information content (AvgIpc) is 2.71. The Labute approximate surface area is 126 Å². The molecule has 21 heavy (non-hydrogen) atoms. The summed E-state index contributed by atoms with van der Waals surface area (Å²) in [6.07, 6.45) is 0.234. The second kappa shape index (κ2) is 5.39. The van der Waals surface area contributed by atoms with Gasteiger partial charge in [-0.25, -0.2) is 9.59 Å². The maximum atomic E-state index is 12.2. The van der Waals surface area contributed by atoms with Crippen molar-refractivity contribution in [3.63, 3.8) is 0 Å². The van der Waals surface area contributed by atoms with Crippen molar-refractivity contribution in [1.29, 1.82) is 0 Å². The van der Waals surface area contributed by atoms with Crippen LogP contribution in [0, 0.1) is 5.41 Å². The number of likely N-dealkylation sites (tertiary alicyclic amines) is 1. The minimum absolute atomic E-state index is 0.103. The lowest BCUT2D eigenvalue weighted by atomic mass is 9.78. The molecule has 2 fully saturated rings. The highest BCUT2D eigenvalue weighted by Gasteiger charge is 2.44. The molecule has 120 valence electrons. The third-order valence-corrected chi connectivity index (χ3v) is 3.99. The predicted octanol–water partition coefficient (Wildman–Crippen LogP) is 2.47. The number of rotatable bonds is 1. The van der Waals surface area contributed by atoms with E-state index >= 15 is 0 Å². The minimum atomic E-state index is -0.489. The van der Waals surface area contributed by atoms with E-state index in [-0.39, 0.29) is 23.6 Å². The van der Waals surface area contributed by atoms with Gasteiger partial charge in [0.1, 0.15) is 12.2 Å². The molecule has 2 aliphatic rings. The highest BCUT2D eigenvalue weighted by molar-refractivity contribution is 5.70. The first-order valence-electron chi connectivity index (χ1n) is 7.51. The molecule has 0 radical (unpaired) electrons. The van der Waals surface area contributed by atoms with Crippen LogP contribution in [0.2, 0.25) is 0 Å². The lowest BCUT2D eigenvalue weighted by molar-refractivity contribution is -0.0101. The fourth-order valence-electron chi connectivity index (χ4n) is 3.09. The van der Waals surface area contributed by atoms with Crippen molar-refractivity contribution in [3.05, 3.63) is 0 Å². The third-order valence-electron chi connectivity index (χ3n) is 3.99. The number of carbonyl (C=O) groups is 2. The number of hydrogen-bond donors (Lipinski definition) is 0.